The first-order chi connectivity index (χ1) is 7.88. The van der Waals surface area contributed by atoms with E-state index in [1.54, 1.807) is 0 Å². The molecule has 0 atom stereocenters. The van der Waals surface area contributed by atoms with Crippen molar-refractivity contribution in [1.29, 1.82) is 5.26 Å². The van der Waals surface area contributed by atoms with Crippen molar-refractivity contribution in [3.63, 3.8) is 0 Å². The van der Waals surface area contributed by atoms with Gasteiger partial charge in [-0.25, -0.2) is 13.2 Å². The van der Waals surface area contributed by atoms with Crippen molar-refractivity contribution < 1.29 is 22.0 Å². The second-order valence-electron chi connectivity index (χ2n) is 3.19. The van der Waals surface area contributed by atoms with Crippen LogP contribution in [0.3, 0.4) is 0 Å². The molecule has 1 aromatic rings. The molecule has 0 aliphatic rings. The van der Waals surface area contributed by atoms with E-state index in [-0.39, 0.29) is 5.69 Å². The summed E-state index contributed by atoms with van der Waals surface area (Å²) < 4.78 is 61.9. The average molecular weight is 250 g/mol. The summed E-state index contributed by atoms with van der Waals surface area (Å²) in [4.78, 5) is 0. The number of nitriles is 1. The van der Waals surface area contributed by atoms with E-state index in [1.165, 1.54) is 12.1 Å². The Balaban J connectivity index is 2.84. The number of anilines is 1. The van der Waals surface area contributed by atoms with Crippen molar-refractivity contribution in [1.82, 2.24) is 0 Å². The minimum Gasteiger partial charge on any atom is -0.378 e. The Morgan fingerprint density at radius 1 is 1.35 bits per heavy atom. The van der Waals surface area contributed by atoms with E-state index in [4.69, 9.17) is 5.26 Å². The van der Waals surface area contributed by atoms with Gasteiger partial charge in [-0.05, 0) is 12.1 Å². The van der Waals surface area contributed by atoms with Gasteiger partial charge in [0.1, 0.15) is 17.4 Å². The number of alkyl halides is 4. The van der Waals surface area contributed by atoms with E-state index in [1.807, 2.05) is 5.32 Å². The van der Waals surface area contributed by atoms with Crippen LogP contribution in [0.4, 0.5) is 27.6 Å². The minimum absolute atomic E-state index is 0.243. The Kier molecular flexibility index (Phi) is 3.89. The van der Waals surface area contributed by atoms with Gasteiger partial charge in [0.05, 0.1) is 12.2 Å². The summed E-state index contributed by atoms with van der Waals surface area (Å²) in [5.74, 6) is -5.14. The largest absolute Gasteiger partial charge is 0.378 e. The van der Waals surface area contributed by atoms with Gasteiger partial charge >= 0.3 is 12.3 Å². The van der Waals surface area contributed by atoms with Crippen LogP contribution in [0.15, 0.2) is 18.2 Å². The third-order valence-electron chi connectivity index (χ3n) is 1.96. The summed E-state index contributed by atoms with van der Waals surface area (Å²) in [5, 5.41) is 10.5. The van der Waals surface area contributed by atoms with Crippen molar-refractivity contribution in [2.45, 2.75) is 12.3 Å². The molecule has 0 saturated heterocycles. The normalized spacial score (nSPS) is 11.4. The van der Waals surface area contributed by atoms with Crippen molar-refractivity contribution in [3.8, 4) is 6.07 Å². The van der Waals surface area contributed by atoms with E-state index < -0.39 is 30.3 Å². The van der Waals surface area contributed by atoms with Crippen LogP contribution in [0, 0.1) is 17.1 Å². The highest BCUT2D eigenvalue weighted by Crippen LogP contribution is 2.25. The summed E-state index contributed by atoms with van der Waals surface area (Å²) in [5.41, 5.74) is -0.731. The molecular formula is C10H7F5N2. The summed E-state index contributed by atoms with van der Waals surface area (Å²) in [6.45, 7) is -1.37. The molecule has 1 N–H and O–H groups in total. The lowest BCUT2D eigenvalue weighted by molar-refractivity contribution is -0.117. The number of nitrogens with one attached hydrogen (secondary N) is 1. The fourth-order valence-corrected chi connectivity index (χ4v) is 1.08. The van der Waals surface area contributed by atoms with Crippen molar-refractivity contribution in [2.75, 3.05) is 11.9 Å². The van der Waals surface area contributed by atoms with Gasteiger partial charge in [-0.3, -0.25) is 0 Å². The maximum Gasteiger partial charge on any atom is 0.324 e. The van der Waals surface area contributed by atoms with Gasteiger partial charge in [0, 0.05) is 0 Å². The Morgan fingerprint density at radius 2 is 2.00 bits per heavy atom. The number of benzene rings is 1. The lowest BCUT2D eigenvalue weighted by Crippen LogP contribution is -2.35. The van der Waals surface area contributed by atoms with Gasteiger partial charge in [-0.2, -0.15) is 14.0 Å². The molecule has 92 valence electrons. The summed E-state index contributed by atoms with van der Waals surface area (Å²) >= 11 is 0. The zero-order valence-corrected chi connectivity index (χ0v) is 8.35. The number of rotatable bonds is 4. The molecule has 0 fully saturated rings. The van der Waals surface area contributed by atoms with Crippen LogP contribution >= 0.6 is 0 Å². The Bertz CT molecular complexity index is 439. The smallest absolute Gasteiger partial charge is 0.324 e. The fourth-order valence-electron chi connectivity index (χ4n) is 1.08. The predicted molar refractivity (Wildman–Crippen MR) is 50.6 cm³/mol. The van der Waals surface area contributed by atoms with Crippen LogP contribution in [0.1, 0.15) is 5.56 Å². The van der Waals surface area contributed by atoms with Gasteiger partial charge < -0.3 is 5.32 Å². The average Bonchev–Trinajstić information content (AvgIpc) is 2.26. The van der Waals surface area contributed by atoms with Crippen LogP contribution in [0.25, 0.3) is 0 Å². The number of halogens is 5. The van der Waals surface area contributed by atoms with Crippen molar-refractivity contribution in [3.05, 3.63) is 29.6 Å². The van der Waals surface area contributed by atoms with E-state index in [0.29, 0.717) is 0 Å². The van der Waals surface area contributed by atoms with Gasteiger partial charge in [0.15, 0.2) is 0 Å². The molecule has 0 amide bonds. The summed E-state index contributed by atoms with van der Waals surface area (Å²) in [7, 11) is 0. The van der Waals surface area contributed by atoms with E-state index in [2.05, 4.69) is 0 Å². The Hall–Kier alpha value is -1.84. The second kappa shape index (κ2) is 4.99. The van der Waals surface area contributed by atoms with E-state index >= 15 is 0 Å². The molecule has 0 spiro atoms. The highest BCUT2D eigenvalue weighted by molar-refractivity contribution is 5.57. The first-order valence-corrected chi connectivity index (χ1v) is 4.47. The minimum atomic E-state index is -4.24. The monoisotopic (exact) mass is 250 g/mol. The zero-order chi connectivity index (χ0) is 13.1. The van der Waals surface area contributed by atoms with Crippen LogP contribution in [0.2, 0.25) is 0 Å². The SMILES string of the molecule is N#Cc1c(F)cccc1NCC(F)(F)C(F)F. The molecule has 0 aliphatic heterocycles. The van der Waals surface area contributed by atoms with Gasteiger partial charge in [-0.15, -0.1) is 0 Å². The van der Waals surface area contributed by atoms with Crippen LogP contribution < -0.4 is 5.32 Å². The molecular weight excluding hydrogens is 243 g/mol. The molecule has 1 aromatic carbocycles. The molecule has 0 unspecified atom stereocenters. The van der Waals surface area contributed by atoms with Crippen LogP contribution in [-0.2, 0) is 0 Å². The maximum atomic E-state index is 13.0. The molecule has 17 heavy (non-hydrogen) atoms. The van der Waals surface area contributed by atoms with Gasteiger partial charge in [0.25, 0.3) is 0 Å². The molecule has 2 nitrogen and oxygen atoms in total. The number of nitrogens with zero attached hydrogens (tertiary/aromatic N) is 1. The van der Waals surface area contributed by atoms with Crippen LogP contribution in [0.5, 0.6) is 0 Å². The number of hydrogen-bond acceptors (Lipinski definition) is 2. The van der Waals surface area contributed by atoms with Gasteiger partial charge in [-0.1, -0.05) is 6.07 Å². The lowest BCUT2D eigenvalue weighted by Gasteiger charge is -2.17. The van der Waals surface area contributed by atoms with Crippen molar-refractivity contribution >= 4 is 5.69 Å². The molecule has 0 bridgehead atoms. The van der Waals surface area contributed by atoms with Crippen LogP contribution in [-0.4, -0.2) is 18.9 Å². The molecule has 0 heterocycles. The second-order valence-corrected chi connectivity index (χ2v) is 3.19. The van der Waals surface area contributed by atoms with E-state index in [9.17, 15) is 22.0 Å². The predicted octanol–water partition coefficient (Wildman–Crippen LogP) is 3.01. The van der Waals surface area contributed by atoms with E-state index in [0.717, 1.165) is 12.1 Å². The highest BCUT2D eigenvalue weighted by atomic mass is 19.3. The highest BCUT2D eigenvalue weighted by Gasteiger charge is 2.40. The van der Waals surface area contributed by atoms with Crippen molar-refractivity contribution in [2.24, 2.45) is 0 Å². The Morgan fingerprint density at radius 3 is 2.53 bits per heavy atom. The third-order valence-corrected chi connectivity index (χ3v) is 1.96. The number of hydrogen-bond donors (Lipinski definition) is 1. The summed E-state index contributed by atoms with van der Waals surface area (Å²) in [6.07, 6.45) is -3.82. The molecule has 0 aromatic heterocycles. The quantitative estimate of drug-likeness (QED) is 0.834. The standard InChI is InChI=1S/C10H7F5N2/c11-7-2-1-3-8(6(7)4-16)17-5-10(14,15)9(12)13/h1-3,9,17H,5H2. The van der Waals surface area contributed by atoms with Gasteiger partial charge in [0.2, 0.25) is 0 Å². The molecule has 0 saturated carbocycles. The Labute approximate surface area is 93.7 Å². The molecule has 1 rings (SSSR count). The molecule has 7 heteroatoms. The fraction of sp³-hybridized carbons (Fsp3) is 0.300. The lowest BCUT2D eigenvalue weighted by atomic mass is 10.2. The summed E-state index contributed by atoms with van der Waals surface area (Å²) in [6, 6.07) is 4.76. The molecule has 0 radical (unpaired) electrons. The molecule has 0 aliphatic carbocycles. The topological polar surface area (TPSA) is 35.8 Å². The zero-order valence-electron chi connectivity index (χ0n) is 8.35. The first kappa shape index (κ1) is 13.2. The first-order valence-electron chi connectivity index (χ1n) is 4.47. The third kappa shape index (κ3) is 3.06. The maximum absolute atomic E-state index is 13.0.